The maximum absolute atomic E-state index is 3.15. The molecule has 1 aromatic rings. The van der Waals surface area contributed by atoms with E-state index in [2.05, 4.69) is 22.8 Å². The summed E-state index contributed by atoms with van der Waals surface area (Å²) in [6, 6.07) is 2.05. The van der Waals surface area contributed by atoms with Crippen molar-refractivity contribution < 1.29 is 0 Å². The summed E-state index contributed by atoms with van der Waals surface area (Å²) < 4.78 is 0. The lowest BCUT2D eigenvalue weighted by atomic mass is 10.4. The van der Waals surface area contributed by atoms with E-state index >= 15 is 0 Å². The first-order valence-electron chi connectivity index (χ1n) is 3.06. The van der Waals surface area contributed by atoms with Crippen LogP contribution in [-0.4, -0.2) is 0 Å². The van der Waals surface area contributed by atoms with Crippen LogP contribution in [0.3, 0.4) is 0 Å². The molecule has 1 aromatic heterocycles. The van der Waals surface area contributed by atoms with Crippen molar-refractivity contribution in [1.29, 1.82) is 0 Å². The number of nitrogens with one attached hydrogen (secondary N) is 1. The van der Waals surface area contributed by atoms with Crippen molar-refractivity contribution in [3.8, 4) is 0 Å². The topological polar surface area (TPSA) is 12.0 Å². The fraction of sp³-hybridized carbons (Fsp3) is 0. The minimum absolute atomic E-state index is 1.15. The SMILES string of the molecule is [C]1=CC=CNc2ccsc21. The Morgan fingerprint density at radius 2 is 2.50 bits per heavy atom. The standard InChI is InChI=1S/C8H6NS/c1-2-5-9-7-4-6-10-8(7)3-1/h1-2,4-6,9H. The molecule has 2 heterocycles. The number of rotatable bonds is 0. The fourth-order valence-corrected chi connectivity index (χ4v) is 1.57. The predicted octanol–water partition coefficient (Wildman–Crippen LogP) is 2.39. The first-order valence-corrected chi connectivity index (χ1v) is 3.94. The molecule has 0 saturated carbocycles. The first-order chi connectivity index (χ1) is 4.97. The molecule has 0 aliphatic carbocycles. The lowest BCUT2D eigenvalue weighted by Crippen LogP contribution is -1.83. The van der Waals surface area contributed by atoms with Gasteiger partial charge in [0.15, 0.2) is 0 Å². The molecule has 0 fully saturated rings. The van der Waals surface area contributed by atoms with Crippen molar-refractivity contribution in [2.24, 2.45) is 0 Å². The van der Waals surface area contributed by atoms with Crippen molar-refractivity contribution in [3.05, 3.63) is 40.8 Å². The van der Waals surface area contributed by atoms with E-state index in [1.807, 2.05) is 18.4 Å². The molecular weight excluding hydrogens is 142 g/mol. The van der Waals surface area contributed by atoms with Crippen molar-refractivity contribution in [3.63, 3.8) is 0 Å². The second-order valence-corrected chi connectivity index (χ2v) is 2.89. The summed E-state index contributed by atoms with van der Waals surface area (Å²) in [7, 11) is 0. The Morgan fingerprint density at radius 3 is 3.50 bits per heavy atom. The molecule has 2 heteroatoms. The molecule has 10 heavy (non-hydrogen) atoms. The van der Waals surface area contributed by atoms with Gasteiger partial charge in [-0.25, -0.2) is 0 Å². The Hall–Kier alpha value is -1.02. The van der Waals surface area contributed by atoms with Gasteiger partial charge in [0.25, 0.3) is 0 Å². The molecule has 0 amide bonds. The van der Waals surface area contributed by atoms with Gasteiger partial charge in [0.2, 0.25) is 0 Å². The van der Waals surface area contributed by atoms with Crippen LogP contribution in [0.25, 0.3) is 0 Å². The van der Waals surface area contributed by atoms with Gasteiger partial charge in [-0.05, 0) is 17.5 Å². The summed E-state index contributed by atoms with van der Waals surface area (Å²) in [6.45, 7) is 0. The lowest BCUT2D eigenvalue weighted by Gasteiger charge is -1.93. The zero-order valence-corrected chi connectivity index (χ0v) is 6.11. The van der Waals surface area contributed by atoms with Crippen LogP contribution in [-0.2, 0) is 0 Å². The van der Waals surface area contributed by atoms with Crippen molar-refractivity contribution in [2.45, 2.75) is 0 Å². The Balaban J connectivity index is 2.50. The molecule has 1 radical (unpaired) electrons. The molecule has 0 bridgehead atoms. The van der Waals surface area contributed by atoms with E-state index in [-0.39, 0.29) is 0 Å². The maximum Gasteiger partial charge on any atom is 0.0584 e. The number of allylic oxidation sites excluding steroid dienone is 2. The van der Waals surface area contributed by atoms with E-state index in [4.69, 9.17) is 0 Å². The Kier molecular flexibility index (Phi) is 1.32. The van der Waals surface area contributed by atoms with Crippen molar-refractivity contribution in [2.75, 3.05) is 5.32 Å². The fourth-order valence-electron chi connectivity index (χ4n) is 0.845. The van der Waals surface area contributed by atoms with E-state index < -0.39 is 0 Å². The zero-order valence-electron chi connectivity index (χ0n) is 5.29. The van der Waals surface area contributed by atoms with Gasteiger partial charge >= 0.3 is 0 Å². The van der Waals surface area contributed by atoms with Crippen molar-refractivity contribution in [1.82, 2.24) is 0 Å². The molecule has 0 saturated heterocycles. The van der Waals surface area contributed by atoms with E-state index in [0.29, 0.717) is 0 Å². The van der Waals surface area contributed by atoms with Crippen LogP contribution in [0.4, 0.5) is 5.69 Å². The zero-order chi connectivity index (χ0) is 6.81. The molecule has 1 nitrogen and oxygen atoms in total. The highest BCUT2D eigenvalue weighted by molar-refractivity contribution is 7.10. The Labute approximate surface area is 63.7 Å². The van der Waals surface area contributed by atoms with E-state index in [1.165, 1.54) is 4.88 Å². The normalized spacial score (nSPS) is 14.0. The molecule has 1 N–H and O–H groups in total. The molecule has 0 spiro atoms. The van der Waals surface area contributed by atoms with Crippen LogP contribution < -0.4 is 5.32 Å². The highest BCUT2D eigenvalue weighted by Gasteiger charge is 1.99. The largest absolute Gasteiger partial charge is 0.360 e. The summed E-state index contributed by atoms with van der Waals surface area (Å²) in [5.41, 5.74) is 1.15. The highest BCUT2D eigenvalue weighted by atomic mass is 32.1. The summed E-state index contributed by atoms with van der Waals surface area (Å²) in [5.74, 6) is 0. The van der Waals surface area contributed by atoms with Crippen molar-refractivity contribution >= 4 is 17.0 Å². The molecule has 0 aromatic carbocycles. The van der Waals surface area contributed by atoms with Gasteiger partial charge in [-0.2, -0.15) is 0 Å². The van der Waals surface area contributed by atoms with E-state index in [1.54, 1.807) is 11.3 Å². The smallest absolute Gasteiger partial charge is 0.0584 e. The van der Waals surface area contributed by atoms with Gasteiger partial charge < -0.3 is 5.32 Å². The summed E-state index contributed by atoms with van der Waals surface area (Å²) in [4.78, 5) is 1.17. The van der Waals surface area contributed by atoms with E-state index in [0.717, 1.165) is 5.69 Å². The molecule has 2 rings (SSSR count). The van der Waals surface area contributed by atoms with Crippen LogP contribution in [0.15, 0.2) is 29.8 Å². The number of thiophene rings is 1. The Bertz CT molecular complexity index is 283. The van der Waals surface area contributed by atoms with Gasteiger partial charge in [0, 0.05) is 12.3 Å². The van der Waals surface area contributed by atoms with Crippen LogP contribution in [0.5, 0.6) is 0 Å². The van der Waals surface area contributed by atoms with E-state index in [9.17, 15) is 0 Å². The monoisotopic (exact) mass is 148 g/mol. The minimum atomic E-state index is 1.15. The molecular formula is C8H6NS. The third-order valence-corrected chi connectivity index (χ3v) is 2.16. The summed E-state index contributed by atoms with van der Waals surface area (Å²) >= 11 is 1.69. The summed E-state index contributed by atoms with van der Waals surface area (Å²) in [6.07, 6.45) is 8.91. The third-order valence-electron chi connectivity index (χ3n) is 1.31. The first kappa shape index (κ1) is 5.74. The maximum atomic E-state index is 3.15. The average Bonchev–Trinajstić information content (AvgIpc) is 2.28. The van der Waals surface area contributed by atoms with Crippen LogP contribution >= 0.6 is 11.3 Å². The minimum Gasteiger partial charge on any atom is -0.360 e. The third kappa shape index (κ3) is 0.866. The number of hydrogen-bond acceptors (Lipinski definition) is 2. The average molecular weight is 148 g/mol. The summed E-state index contributed by atoms with van der Waals surface area (Å²) in [5, 5.41) is 5.19. The second-order valence-electron chi connectivity index (χ2n) is 1.98. The molecule has 49 valence electrons. The van der Waals surface area contributed by atoms with Gasteiger partial charge in [0.05, 0.1) is 10.6 Å². The Morgan fingerprint density at radius 1 is 1.50 bits per heavy atom. The van der Waals surface area contributed by atoms with Crippen LogP contribution in [0, 0.1) is 6.08 Å². The number of hydrogen-bond donors (Lipinski definition) is 1. The van der Waals surface area contributed by atoms with Crippen LogP contribution in [0.1, 0.15) is 4.88 Å². The lowest BCUT2D eigenvalue weighted by molar-refractivity contribution is 1.64. The highest BCUT2D eigenvalue weighted by Crippen LogP contribution is 2.23. The van der Waals surface area contributed by atoms with Gasteiger partial charge in [-0.15, -0.1) is 11.3 Å². The predicted molar refractivity (Wildman–Crippen MR) is 44.0 cm³/mol. The van der Waals surface area contributed by atoms with Crippen LogP contribution in [0.2, 0.25) is 0 Å². The van der Waals surface area contributed by atoms with Gasteiger partial charge in [-0.1, -0.05) is 6.08 Å². The van der Waals surface area contributed by atoms with Gasteiger partial charge in [0.1, 0.15) is 0 Å². The number of anilines is 1. The molecule has 0 unspecified atom stereocenters. The number of fused-ring (bicyclic) bond motifs is 1. The molecule has 1 aliphatic rings. The molecule has 0 atom stereocenters. The van der Waals surface area contributed by atoms with Gasteiger partial charge in [-0.3, -0.25) is 0 Å². The quantitative estimate of drug-likeness (QED) is 0.595. The second kappa shape index (κ2) is 2.31. The molecule has 1 aliphatic heterocycles.